The molecule has 4 heteroatoms. The lowest BCUT2D eigenvalue weighted by Crippen LogP contribution is -2.44. The number of hydrogen-bond donors (Lipinski definition) is 1. The average molecular weight is 256 g/mol. The number of aromatic nitrogens is 1. The van der Waals surface area contributed by atoms with Crippen LogP contribution in [0.1, 0.15) is 17.3 Å². The summed E-state index contributed by atoms with van der Waals surface area (Å²) in [5, 5.41) is 1.88. The van der Waals surface area contributed by atoms with Crippen LogP contribution in [0.5, 0.6) is 0 Å². The molecular weight excluding hydrogens is 240 g/mol. The van der Waals surface area contributed by atoms with E-state index in [4.69, 9.17) is 10.5 Å². The van der Waals surface area contributed by atoms with Crippen LogP contribution in [0.15, 0.2) is 36.7 Å². The quantitative estimate of drug-likeness (QED) is 0.832. The second-order valence-electron chi connectivity index (χ2n) is 5.27. The van der Waals surface area contributed by atoms with Crippen molar-refractivity contribution in [3.05, 3.63) is 42.2 Å². The molecule has 1 aromatic carbocycles. The van der Waals surface area contributed by atoms with E-state index < -0.39 is 5.41 Å². The van der Waals surface area contributed by atoms with Crippen LogP contribution in [0.3, 0.4) is 0 Å². The third-order valence-electron chi connectivity index (χ3n) is 3.96. The number of nitrogens with zero attached hydrogens (tertiary/aromatic N) is 1. The van der Waals surface area contributed by atoms with Gasteiger partial charge in [-0.3, -0.25) is 9.78 Å². The zero-order valence-electron chi connectivity index (χ0n) is 10.8. The molecule has 0 amide bonds. The SMILES string of the molecule is CC1(C(=O)c2cccc3cnccc23)COCC1N. The Morgan fingerprint density at radius 1 is 1.47 bits per heavy atom. The third kappa shape index (κ3) is 1.84. The minimum absolute atomic E-state index is 0.0503. The summed E-state index contributed by atoms with van der Waals surface area (Å²) in [5.41, 5.74) is 6.09. The Morgan fingerprint density at radius 2 is 2.32 bits per heavy atom. The van der Waals surface area contributed by atoms with E-state index in [1.165, 1.54) is 0 Å². The van der Waals surface area contributed by atoms with Gasteiger partial charge in [-0.15, -0.1) is 0 Å². The maximum absolute atomic E-state index is 12.8. The molecule has 0 saturated carbocycles. The van der Waals surface area contributed by atoms with E-state index >= 15 is 0 Å². The van der Waals surface area contributed by atoms with Crippen LogP contribution in [0.2, 0.25) is 0 Å². The second-order valence-corrected chi connectivity index (χ2v) is 5.27. The van der Waals surface area contributed by atoms with Crippen molar-refractivity contribution >= 4 is 16.6 Å². The Morgan fingerprint density at radius 3 is 3.05 bits per heavy atom. The number of ketones is 1. The fourth-order valence-corrected chi connectivity index (χ4v) is 2.55. The predicted molar refractivity (Wildman–Crippen MR) is 73.0 cm³/mol. The fourth-order valence-electron chi connectivity index (χ4n) is 2.55. The number of nitrogens with two attached hydrogens (primary N) is 1. The highest BCUT2D eigenvalue weighted by atomic mass is 16.5. The summed E-state index contributed by atoms with van der Waals surface area (Å²) in [6.07, 6.45) is 3.46. The zero-order chi connectivity index (χ0) is 13.5. The molecule has 0 aliphatic carbocycles. The summed E-state index contributed by atoms with van der Waals surface area (Å²) >= 11 is 0. The van der Waals surface area contributed by atoms with E-state index in [1.54, 1.807) is 12.4 Å². The van der Waals surface area contributed by atoms with E-state index in [0.29, 0.717) is 18.8 Å². The molecule has 2 heterocycles. The molecule has 1 fully saturated rings. The number of pyridine rings is 1. The molecule has 1 aliphatic heterocycles. The zero-order valence-corrected chi connectivity index (χ0v) is 10.8. The maximum Gasteiger partial charge on any atom is 0.173 e. The first-order valence-electron chi connectivity index (χ1n) is 6.34. The van der Waals surface area contributed by atoms with Gasteiger partial charge in [-0.05, 0) is 18.4 Å². The molecule has 3 rings (SSSR count). The number of rotatable bonds is 2. The second kappa shape index (κ2) is 4.40. The highest BCUT2D eigenvalue weighted by Crippen LogP contribution is 2.33. The summed E-state index contributed by atoms with van der Waals surface area (Å²) < 4.78 is 5.37. The van der Waals surface area contributed by atoms with Gasteiger partial charge in [0.1, 0.15) is 0 Å². The molecule has 19 heavy (non-hydrogen) atoms. The molecule has 1 aromatic heterocycles. The summed E-state index contributed by atoms with van der Waals surface area (Å²) in [4.78, 5) is 16.9. The fraction of sp³-hybridized carbons (Fsp3) is 0.333. The van der Waals surface area contributed by atoms with Crippen molar-refractivity contribution in [3.8, 4) is 0 Å². The van der Waals surface area contributed by atoms with E-state index in [-0.39, 0.29) is 11.8 Å². The smallest absolute Gasteiger partial charge is 0.173 e. The number of Topliss-reactive ketones (excluding diaryl/α,β-unsaturated/α-hetero) is 1. The molecule has 2 aromatic rings. The first-order chi connectivity index (χ1) is 9.13. The first kappa shape index (κ1) is 12.3. The van der Waals surface area contributed by atoms with Crippen LogP contribution in [0.4, 0.5) is 0 Å². The molecule has 2 atom stereocenters. The topological polar surface area (TPSA) is 65.2 Å². The molecule has 4 nitrogen and oxygen atoms in total. The number of fused-ring (bicyclic) bond motifs is 1. The van der Waals surface area contributed by atoms with Gasteiger partial charge in [0.25, 0.3) is 0 Å². The summed E-state index contributed by atoms with van der Waals surface area (Å²) in [6.45, 7) is 2.70. The Labute approximate surface area is 111 Å². The van der Waals surface area contributed by atoms with E-state index in [1.807, 2.05) is 31.2 Å². The first-order valence-corrected chi connectivity index (χ1v) is 6.34. The molecule has 0 spiro atoms. The highest BCUT2D eigenvalue weighted by Gasteiger charge is 2.44. The monoisotopic (exact) mass is 256 g/mol. The van der Waals surface area contributed by atoms with Crippen molar-refractivity contribution < 1.29 is 9.53 Å². The number of benzene rings is 1. The third-order valence-corrected chi connectivity index (χ3v) is 3.96. The van der Waals surface area contributed by atoms with Crippen molar-refractivity contribution in [1.82, 2.24) is 4.98 Å². The highest BCUT2D eigenvalue weighted by molar-refractivity contribution is 6.10. The van der Waals surface area contributed by atoms with Crippen LogP contribution >= 0.6 is 0 Å². The van der Waals surface area contributed by atoms with E-state index in [2.05, 4.69) is 4.98 Å². The molecule has 98 valence electrons. The van der Waals surface area contributed by atoms with Crippen molar-refractivity contribution in [2.75, 3.05) is 13.2 Å². The van der Waals surface area contributed by atoms with Gasteiger partial charge in [-0.25, -0.2) is 0 Å². The van der Waals surface area contributed by atoms with Crippen LogP contribution in [0, 0.1) is 5.41 Å². The lowest BCUT2D eigenvalue weighted by atomic mass is 9.78. The largest absolute Gasteiger partial charge is 0.379 e. The van der Waals surface area contributed by atoms with Crippen molar-refractivity contribution in [3.63, 3.8) is 0 Å². The van der Waals surface area contributed by atoms with Crippen LogP contribution in [0.25, 0.3) is 10.8 Å². The molecule has 0 bridgehead atoms. The molecule has 1 aliphatic rings. The molecule has 1 saturated heterocycles. The Bertz CT molecular complexity index is 636. The van der Waals surface area contributed by atoms with Crippen LogP contribution in [-0.2, 0) is 4.74 Å². The van der Waals surface area contributed by atoms with Crippen molar-refractivity contribution in [1.29, 1.82) is 0 Å². The molecule has 2 unspecified atom stereocenters. The summed E-state index contributed by atoms with van der Waals surface area (Å²) in [7, 11) is 0. The Hall–Kier alpha value is -1.78. The molecular formula is C15H16N2O2. The predicted octanol–water partition coefficient (Wildman–Crippen LogP) is 1.78. The van der Waals surface area contributed by atoms with Gasteiger partial charge in [0.15, 0.2) is 5.78 Å². The van der Waals surface area contributed by atoms with Gasteiger partial charge in [0.2, 0.25) is 0 Å². The number of ether oxygens (including phenoxy) is 1. The van der Waals surface area contributed by atoms with Crippen molar-refractivity contribution in [2.24, 2.45) is 11.1 Å². The lowest BCUT2D eigenvalue weighted by Gasteiger charge is -2.25. The number of carbonyl (C=O) groups is 1. The number of carbonyl (C=O) groups excluding carboxylic acids is 1. The maximum atomic E-state index is 12.8. The van der Waals surface area contributed by atoms with E-state index in [0.717, 1.165) is 10.8 Å². The Balaban J connectivity index is 2.12. The molecule has 0 radical (unpaired) electrons. The van der Waals surface area contributed by atoms with Gasteiger partial charge in [-0.2, -0.15) is 0 Å². The van der Waals surface area contributed by atoms with Gasteiger partial charge in [0.05, 0.1) is 18.6 Å². The van der Waals surface area contributed by atoms with Crippen molar-refractivity contribution in [2.45, 2.75) is 13.0 Å². The summed E-state index contributed by atoms with van der Waals surface area (Å²) in [5.74, 6) is 0.0503. The minimum Gasteiger partial charge on any atom is -0.379 e. The molecule has 2 N–H and O–H groups in total. The average Bonchev–Trinajstić information content (AvgIpc) is 2.78. The summed E-state index contributed by atoms with van der Waals surface area (Å²) in [6, 6.07) is 7.29. The minimum atomic E-state index is -0.641. The van der Waals surface area contributed by atoms with Gasteiger partial charge in [0, 0.05) is 29.4 Å². The van der Waals surface area contributed by atoms with Gasteiger partial charge in [-0.1, -0.05) is 18.2 Å². The standard InChI is InChI=1S/C15H16N2O2/c1-15(9-19-8-13(15)16)14(18)12-4-2-3-10-7-17-6-5-11(10)12/h2-7,13H,8-9,16H2,1H3. The van der Waals surface area contributed by atoms with E-state index in [9.17, 15) is 4.79 Å². The van der Waals surface area contributed by atoms with Crippen LogP contribution in [-0.4, -0.2) is 30.0 Å². The Kier molecular flexibility index (Phi) is 2.84. The van der Waals surface area contributed by atoms with Gasteiger partial charge < -0.3 is 10.5 Å². The van der Waals surface area contributed by atoms with Gasteiger partial charge >= 0.3 is 0 Å². The van der Waals surface area contributed by atoms with Crippen LogP contribution < -0.4 is 5.73 Å². The number of hydrogen-bond acceptors (Lipinski definition) is 4. The lowest BCUT2D eigenvalue weighted by molar-refractivity contribution is 0.0769. The normalized spacial score (nSPS) is 26.7.